The molecule has 0 bridgehead atoms. The van der Waals surface area contributed by atoms with Crippen LogP contribution in [0.25, 0.3) is 0 Å². The van der Waals surface area contributed by atoms with Gasteiger partial charge in [0.25, 0.3) is 0 Å². The summed E-state index contributed by atoms with van der Waals surface area (Å²) in [6.07, 6.45) is 0.0883. The van der Waals surface area contributed by atoms with Crippen molar-refractivity contribution >= 4 is 41.9 Å². The molecular weight excluding hydrogens is 478 g/mol. The predicted molar refractivity (Wildman–Crippen MR) is 124 cm³/mol. The molecule has 0 radical (unpaired) electrons. The maximum Gasteiger partial charge on any atom is 0.352 e. The number of ketones is 1. The second kappa shape index (κ2) is 8.29. The zero-order valence-electron chi connectivity index (χ0n) is 18.9. The average Bonchev–Trinajstić information content (AvgIpc) is 2.95. The highest BCUT2D eigenvalue weighted by atomic mass is 79.9. The molecule has 1 N–H and O–H groups in total. The number of fused-ring (bicyclic) bond motifs is 1. The van der Waals surface area contributed by atoms with Crippen LogP contribution >= 0.6 is 15.9 Å². The zero-order chi connectivity index (χ0) is 23.3. The third-order valence-electron chi connectivity index (χ3n) is 6.84. The maximum atomic E-state index is 12.9. The zero-order valence-corrected chi connectivity index (χ0v) is 21.4. The number of rotatable bonds is 7. The molecule has 2 aliphatic heterocycles. The molecule has 31 heavy (non-hydrogen) atoms. The van der Waals surface area contributed by atoms with Crippen molar-refractivity contribution in [1.29, 1.82) is 0 Å². The first-order valence-corrected chi connectivity index (χ1v) is 14.2. The van der Waals surface area contributed by atoms with Crippen molar-refractivity contribution in [3.63, 3.8) is 0 Å². The molecule has 1 fully saturated rings. The lowest BCUT2D eigenvalue weighted by molar-refractivity contribution is -0.160. The Morgan fingerprint density at radius 2 is 1.84 bits per heavy atom. The van der Waals surface area contributed by atoms with Crippen molar-refractivity contribution in [1.82, 2.24) is 4.90 Å². The van der Waals surface area contributed by atoms with Gasteiger partial charge < -0.3 is 14.4 Å². The summed E-state index contributed by atoms with van der Waals surface area (Å²) in [5, 5.41) is 9.78. The molecule has 3 unspecified atom stereocenters. The minimum Gasteiger partial charge on any atom is -0.477 e. The van der Waals surface area contributed by atoms with Crippen LogP contribution in [0.1, 0.15) is 50.9 Å². The smallest absolute Gasteiger partial charge is 0.352 e. The Bertz CT molecular complexity index is 948. The molecule has 3 rings (SSSR count). The van der Waals surface area contributed by atoms with E-state index in [1.807, 2.05) is 6.92 Å². The summed E-state index contributed by atoms with van der Waals surface area (Å²) in [7, 11) is -2.08. The molecule has 2 heterocycles. The standard InChI is InChI=1S/C23H30BrNO5Si/c1-13(30-31(5,6)23(2,3)4)19-17-11-15(20(22(28)29)25(17)21(19)27)12-18(26)14-7-9-16(24)10-8-14/h7-10,13,17,19H,11-12H2,1-6H3,(H,28,29). The molecule has 3 atom stereocenters. The van der Waals surface area contributed by atoms with Gasteiger partial charge in [0.15, 0.2) is 14.1 Å². The number of β-lactam (4-membered cyclic amide) rings is 1. The first-order chi connectivity index (χ1) is 14.2. The van der Waals surface area contributed by atoms with E-state index in [0.29, 0.717) is 17.6 Å². The van der Waals surface area contributed by atoms with Crippen LogP contribution in [0.5, 0.6) is 0 Å². The summed E-state index contributed by atoms with van der Waals surface area (Å²) < 4.78 is 7.30. The number of aliphatic carboxylic acids is 1. The largest absolute Gasteiger partial charge is 0.477 e. The van der Waals surface area contributed by atoms with Crippen molar-refractivity contribution in [3.8, 4) is 0 Å². The predicted octanol–water partition coefficient (Wildman–Crippen LogP) is 5.00. The fourth-order valence-electron chi connectivity index (χ4n) is 4.15. The molecule has 2 aliphatic rings. The quantitative estimate of drug-likeness (QED) is 0.318. The highest BCUT2D eigenvalue weighted by Gasteiger charge is 2.58. The summed E-state index contributed by atoms with van der Waals surface area (Å²) >= 11 is 3.34. The minimum absolute atomic E-state index is 0.00621. The third-order valence-corrected chi connectivity index (χ3v) is 11.9. The molecule has 0 aliphatic carbocycles. The van der Waals surface area contributed by atoms with Crippen molar-refractivity contribution in [2.24, 2.45) is 5.92 Å². The van der Waals surface area contributed by atoms with E-state index in [1.165, 1.54) is 4.90 Å². The summed E-state index contributed by atoms with van der Waals surface area (Å²) in [4.78, 5) is 39.0. The lowest BCUT2D eigenvalue weighted by Crippen LogP contribution is -2.63. The molecule has 1 aromatic rings. The SMILES string of the molecule is CC(O[Si](C)(C)C(C)(C)C)C1C(=O)N2C(C(=O)O)=C(CC(=O)c3ccc(Br)cc3)CC12. The van der Waals surface area contributed by atoms with Crippen LogP contribution in [0.2, 0.25) is 18.1 Å². The van der Waals surface area contributed by atoms with Gasteiger partial charge in [0.05, 0.1) is 18.1 Å². The Kier molecular flexibility index (Phi) is 6.39. The monoisotopic (exact) mass is 507 g/mol. The molecule has 6 nitrogen and oxygen atoms in total. The van der Waals surface area contributed by atoms with Crippen molar-refractivity contribution in [2.75, 3.05) is 0 Å². The molecule has 0 saturated carbocycles. The highest BCUT2D eigenvalue weighted by molar-refractivity contribution is 9.10. The molecular formula is C23H30BrNO5Si. The lowest BCUT2D eigenvalue weighted by Gasteiger charge is -2.48. The summed E-state index contributed by atoms with van der Waals surface area (Å²) in [6, 6.07) is 6.72. The Balaban J connectivity index is 1.78. The Labute approximate surface area is 192 Å². The van der Waals surface area contributed by atoms with Gasteiger partial charge in [-0.2, -0.15) is 0 Å². The Morgan fingerprint density at radius 1 is 1.26 bits per heavy atom. The lowest BCUT2D eigenvalue weighted by atomic mass is 9.82. The number of nitrogens with zero attached hydrogens (tertiary/aromatic N) is 1. The summed E-state index contributed by atoms with van der Waals surface area (Å²) in [6.45, 7) is 12.6. The fourth-order valence-corrected chi connectivity index (χ4v) is 5.85. The number of carboxylic acid groups (broad SMARTS) is 1. The molecule has 168 valence electrons. The highest BCUT2D eigenvalue weighted by Crippen LogP contribution is 2.47. The normalized spacial score (nSPS) is 22.3. The Morgan fingerprint density at radius 3 is 2.35 bits per heavy atom. The van der Waals surface area contributed by atoms with Gasteiger partial charge in [-0.3, -0.25) is 9.59 Å². The first kappa shape index (κ1) is 23.9. The van der Waals surface area contributed by atoms with Gasteiger partial charge in [-0.1, -0.05) is 48.8 Å². The van der Waals surface area contributed by atoms with Crippen LogP contribution < -0.4 is 0 Å². The number of hydrogen-bond acceptors (Lipinski definition) is 4. The topological polar surface area (TPSA) is 83.9 Å². The average molecular weight is 508 g/mol. The van der Waals surface area contributed by atoms with Gasteiger partial charge in [-0.25, -0.2) is 4.79 Å². The molecule has 8 heteroatoms. The van der Waals surface area contributed by atoms with Crippen molar-refractivity contribution in [3.05, 3.63) is 45.6 Å². The second-order valence-corrected chi connectivity index (χ2v) is 15.6. The van der Waals surface area contributed by atoms with Gasteiger partial charge >= 0.3 is 5.97 Å². The van der Waals surface area contributed by atoms with Gasteiger partial charge in [0.2, 0.25) is 5.91 Å². The van der Waals surface area contributed by atoms with E-state index < -0.39 is 14.3 Å². The molecule has 0 aromatic heterocycles. The van der Waals surface area contributed by atoms with Gasteiger partial charge in [0, 0.05) is 16.5 Å². The van der Waals surface area contributed by atoms with E-state index in [2.05, 4.69) is 49.8 Å². The number of amides is 1. The molecule has 1 saturated heterocycles. The molecule has 1 amide bonds. The van der Waals surface area contributed by atoms with Crippen LogP contribution in [-0.2, 0) is 14.0 Å². The summed E-state index contributed by atoms with van der Waals surface area (Å²) in [5.41, 5.74) is 1.00. The number of benzene rings is 1. The number of carbonyl (C=O) groups excluding carboxylic acids is 2. The van der Waals surface area contributed by atoms with E-state index in [9.17, 15) is 19.5 Å². The van der Waals surface area contributed by atoms with Crippen LogP contribution in [-0.4, -0.2) is 48.1 Å². The van der Waals surface area contributed by atoms with E-state index >= 15 is 0 Å². The van der Waals surface area contributed by atoms with Gasteiger partial charge in [-0.05, 0) is 49.2 Å². The van der Waals surface area contributed by atoms with Gasteiger partial charge in [0.1, 0.15) is 5.70 Å². The minimum atomic E-state index is -2.08. The number of carbonyl (C=O) groups is 3. The van der Waals surface area contributed by atoms with E-state index in [-0.39, 0.29) is 46.9 Å². The van der Waals surface area contributed by atoms with Crippen LogP contribution in [0.4, 0.5) is 0 Å². The van der Waals surface area contributed by atoms with Crippen molar-refractivity contribution in [2.45, 2.75) is 70.8 Å². The number of Topliss-reactive ketones (excluding diaryl/α,β-unsaturated/α-hetero) is 1. The number of halogens is 1. The van der Waals surface area contributed by atoms with Crippen molar-refractivity contribution < 1.29 is 23.9 Å². The fraction of sp³-hybridized carbons (Fsp3) is 0.522. The first-order valence-electron chi connectivity index (χ1n) is 10.5. The molecule has 0 spiro atoms. The summed E-state index contributed by atoms with van der Waals surface area (Å²) in [5.74, 6) is -1.92. The third kappa shape index (κ3) is 4.43. The number of carboxylic acids is 1. The van der Waals surface area contributed by atoms with E-state index in [4.69, 9.17) is 4.43 Å². The Hall–Kier alpha value is -1.77. The van der Waals surface area contributed by atoms with E-state index in [0.717, 1.165) is 4.47 Å². The second-order valence-electron chi connectivity index (χ2n) is 9.95. The van der Waals surface area contributed by atoms with E-state index in [1.54, 1.807) is 24.3 Å². The van der Waals surface area contributed by atoms with Crippen LogP contribution in [0, 0.1) is 5.92 Å². The van der Waals surface area contributed by atoms with Crippen LogP contribution in [0.3, 0.4) is 0 Å². The maximum absolute atomic E-state index is 12.9. The number of hydrogen-bond donors (Lipinski definition) is 1. The molecule has 1 aromatic carbocycles. The van der Waals surface area contributed by atoms with Crippen LogP contribution in [0.15, 0.2) is 40.0 Å². The van der Waals surface area contributed by atoms with Gasteiger partial charge in [-0.15, -0.1) is 0 Å².